The second-order valence-electron chi connectivity index (χ2n) is 6.49. The highest BCUT2D eigenvalue weighted by atomic mass is 32.1. The summed E-state index contributed by atoms with van der Waals surface area (Å²) in [6, 6.07) is 13.1. The fourth-order valence-corrected chi connectivity index (χ4v) is 4.06. The number of amides is 1. The SMILES string of the molecule is O=C(Cc1cccs1)N1CC[C@](Cc2ccccc2)(C(=O)O)[C@H](O)C1. The number of nitrogens with zero attached hydrogens (tertiary/aromatic N) is 1. The molecule has 0 saturated carbocycles. The predicted molar refractivity (Wildman–Crippen MR) is 95.4 cm³/mol. The lowest BCUT2D eigenvalue weighted by molar-refractivity contribution is -0.165. The summed E-state index contributed by atoms with van der Waals surface area (Å²) in [5.74, 6) is -1.07. The van der Waals surface area contributed by atoms with Crippen LogP contribution >= 0.6 is 11.3 Å². The second kappa shape index (κ2) is 7.37. The van der Waals surface area contributed by atoms with Crippen LogP contribution in [0.2, 0.25) is 0 Å². The van der Waals surface area contributed by atoms with Crippen LogP contribution in [-0.2, 0) is 22.4 Å². The Morgan fingerprint density at radius 3 is 2.56 bits per heavy atom. The van der Waals surface area contributed by atoms with Gasteiger partial charge in [0.1, 0.15) is 5.41 Å². The number of carbonyl (C=O) groups is 2. The summed E-state index contributed by atoms with van der Waals surface area (Å²) < 4.78 is 0. The molecule has 0 aliphatic carbocycles. The number of carboxylic acid groups (broad SMARTS) is 1. The summed E-state index contributed by atoms with van der Waals surface area (Å²) in [6.07, 6.45) is -0.291. The van der Waals surface area contributed by atoms with E-state index >= 15 is 0 Å². The molecule has 2 heterocycles. The van der Waals surface area contributed by atoms with Crippen LogP contribution in [0.15, 0.2) is 47.8 Å². The van der Waals surface area contributed by atoms with Crippen molar-refractivity contribution in [2.75, 3.05) is 13.1 Å². The van der Waals surface area contributed by atoms with E-state index in [-0.39, 0.29) is 25.3 Å². The summed E-state index contributed by atoms with van der Waals surface area (Å²) in [5, 5.41) is 22.3. The zero-order valence-electron chi connectivity index (χ0n) is 13.8. The molecule has 25 heavy (non-hydrogen) atoms. The van der Waals surface area contributed by atoms with Crippen LogP contribution in [0.1, 0.15) is 16.9 Å². The van der Waals surface area contributed by atoms with Crippen molar-refractivity contribution in [2.24, 2.45) is 5.41 Å². The number of thiophene rings is 1. The first-order chi connectivity index (χ1) is 12.0. The van der Waals surface area contributed by atoms with Crippen molar-refractivity contribution >= 4 is 23.2 Å². The summed E-state index contributed by atoms with van der Waals surface area (Å²) in [6.45, 7) is 0.406. The van der Waals surface area contributed by atoms with E-state index in [2.05, 4.69) is 0 Å². The number of benzene rings is 1. The average molecular weight is 359 g/mol. The van der Waals surface area contributed by atoms with Gasteiger partial charge in [-0.2, -0.15) is 0 Å². The highest BCUT2D eigenvalue weighted by molar-refractivity contribution is 7.10. The molecule has 1 saturated heterocycles. The van der Waals surface area contributed by atoms with Crippen molar-refractivity contribution in [1.29, 1.82) is 0 Å². The van der Waals surface area contributed by atoms with E-state index in [1.165, 1.54) is 11.3 Å². The molecule has 1 aliphatic heterocycles. The van der Waals surface area contributed by atoms with Gasteiger partial charge < -0.3 is 15.1 Å². The summed E-state index contributed by atoms with van der Waals surface area (Å²) in [5.41, 5.74) is -0.372. The minimum absolute atomic E-state index is 0.0589. The maximum atomic E-state index is 12.4. The number of likely N-dealkylation sites (tertiary alicyclic amines) is 1. The first-order valence-corrected chi connectivity index (χ1v) is 9.15. The maximum absolute atomic E-state index is 12.4. The molecule has 3 rings (SSSR count). The van der Waals surface area contributed by atoms with E-state index in [0.29, 0.717) is 13.0 Å². The molecule has 1 fully saturated rings. The molecule has 0 spiro atoms. The Bertz CT molecular complexity index is 731. The number of carbonyl (C=O) groups excluding carboxylic acids is 1. The van der Waals surface area contributed by atoms with Crippen molar-refractivity contribution < 1.29 is 19.8 Å². The second-order valence-corrected chi connectivity index (χ2v) is 7.52. The van der Waals surface area contributed by atoms with Gasteiger partial charge >= 0.3 is 5.97 Å². The van der Waals surface area contributed by atoms with E-state index in [1.807, 2.05) is 47.8 Å². The number of aliphatic hydroxyl groups is 1. The number of hydrogen-bond acceptors (Lipinski definition) is 4. The molecule has 1 aromatic heterocycles. The lowest BCUT2D eigenvalue weighted by Gasteiger charge is -2.43. The fraction of sp³-hybridized carbons (Fsp3) is 0.368. The van der Waals surface area contributed by atoms with E-state index in [4.69, 9.17) is 0 Å². The molecule has 132 valence electrons. The summed E-state index contributed by atoms with van der Waals surface area (Å²) >= 11 is 1.52. The lowest BCUT2D eigenvalue weighted by atomic mass is 9.71. The van der Waals surface area contributed by atoms with Gasteiger partial charge in [-0.05, 0) is 29.9 Å². The van der Waals surface area contributed by atoms with Gasteiger partial charge in [0.25, 0.3) is 0 Å². The number of piperidine rings is 1. The van der Waals surface area contributed by atoms with Gasteiger partial charge in [0.2, 0.25) is 5.91 Å². The number of hydrogen-bond donors (Lipinski definition) is 2. The van der Waals surface area contributed by atoms with Gasteiger partial charge in [-0.15, -0.1) is 11.3 Å². The third kappa shape index (κ3) is 3.75. The first-order valence-electron chi connectivity index (χ1n) is 8.27. The maximum Gasteiger partial charge on any atom is 0.312 e. The van der Waals surface area contributed by atoms with Crippen LogP contribution in [0.25, 0.3) is 0 Å². The quantitative estimate of drug-likeness (QED) is 0.858. The number of rotatable bonds is 5. The number of β-amino-alcohol motifs (C(OH)–C–C–N with tert-alkyl or cyclic N) is 1. The van der Waals surface area contributed by atoms with Gasteiger partial charge in [-0.25, -0.2) is 0 Å². The first kappa shape index (κ1) is 17.6. The molecule has 2 atom stereocenters. The lowest BCUT2D eigenvalue weighted by Crippen LogP contribution is -2.57. The van der Waals surface area contributed by atoms with Crippen LogP contribution in [0.4, 0.5) is 0 Å². The highest BCUT2D eigenvalue weighted by Crippen LogP contribution is 2.36. The molecule has 0 bridgehead atoms. The molecule has 2 N–H and O–H groups in total. The van der Waals surface area contributed by atoms with Crippen LogP contribution in [0.3, 0.4) is 0 Å². The third-order valence-electron chi connectivity index (χ3n) is 4.91. The summed E-state index contributed by atoms with van der Waals surface area (Å²) in [4.78, 5) is 26.9. The number of aliphatic carboxylic acids is 1. The Kier molecular flexibility index (Phi) is 5.20. The van der Waals surface area contributed by atoms with Crippen LogP contribution in [-0.4, -0.2) is 46.2 Å². The molecule has 1 amide bonds. The Morgan fingerprint density at radius 2 is 1.96 bits per heavy atom. The highest BCUT2D eigenvalue weighted by Gasteiger charge is 2.49. The molecule has 2 aromatic rings. The monoisotopic (exact) mass is 359 g/mol. The third-order valence-corrected chi connectivity index (χ3v) is 5.78. The normalized spacial score (nSPS) is 23.4. The minimum Gasteiger partial charge on any atom is -0.481 e. The molecule has 1 aliphatic rings. The molecule has 1 aromatic carbocycles. The zero-order chi connectivity index (χ0) is 17.9. The summed E-state index contributed by atoms with van der Waals surface area (Å²) in [7, 11) is 0. The van der Waals surface area contributed by atoms with Gasteiger partial charge in [-0.3, -0.25) is 9.59 Å². The molecule has 0 radical (unpaired) electrons. The van der Waals surface area contributed by atoms with E-state index in [1.54, 1.807) is 4.90 Å². The molecular formula is C19H21NO4S. The molecule has 5 nitrogen and oxygen atoms in total. The van der Waals surface area contributed by atoms with E-state index in [0.717, 1.165) is 10.4 Å². The number of aliphatic hydroxyl groups excluding tert-OH is 1. The largest absolute Gasteiger partial charge is 0.481 e. The Labute approximate surface area is 150 Å². The smallest absolute Gasteiger partial charge is 0.312 e. The zero-order valence-corrected chi connectivity index (χ0v) is 14.6. The number of carboxylic acids is 1. The van der Waals surface area contributed by atoms with Gasteiger partial charge in [0.05, 0.1) is 12.5 Å². The predicted octanol–water partition coefficient (Wildman–Crippen LogP) is 2.20. The van der Waals surface area contributed by atoms with E-state index in [9.17, 15) is 19.8 Å². The van der Waals surface area contributed by atoms with E-state index < -0.39 is 17.5 Å². The minimum atomic E-state index is -1.25. The van der Waals surface area contributed by atoms with Crippen LogP contribution < -0.4 is 0 Å². The van der Waals surface area contributed by atoms with Crippen molar-refractivity contribution in [3.05, 3.63) is 58.3 Å². The van der Waals surface area contributed by atoms with Crippen LogP contribution in [0, 0.1) is 5.41 Å². The molecular weight excluding hydrogens is 338 g/mol. The standard InChI is InChI=1S/C19H21NO4S/c21-16-13-20(17(22)11-15-7-4-10-25-15)9-8-19(16,18(23)24)12-14-5-2-1-3-6-14/h1-7,10,16,21H,8-9,11-13H2,(H,23,24)/t16-,19-/m1/s1. The van der Waals surface area contributed by atoms with Crippen molar-refractivity contribution in [3.8, 4) is 0 Å². The van der Waals surface area contributed by atoms with Crippen molar-refractivity contribution in [3.63, 3.8) is 0 Å². The van der Waals surface area contributed by atoms with Gasteiger partial charge in [0.15, 0.2) is 0 Å². The van der Waals surface area contributed by atoms with Crippen molar-refractivity contribution in [1.82, 2.24) is 4.90 Å². The van der Waals surface area contributed by atoms with Crippen LogP contribution in [0.5, 0.6) is 0 Å². The fourth-order valence-electron chi connectivity index (χ4n) is 3.37. The topological polar surface area (TPSA) is 77.8 Å². The van der Waals surface area contributed by atoms with Gasteiger partial charge in [0, 0.05) is 18.0 Å². The van der Waals surface area contributed by atoms with Crippen molar-refractivity contribution in [2.45, 2.75) is 25.4 Å². The Balaban J connectivity index is 1.71. The van der Waals surface area contributed by atoms with Gasteiger partial charge in [-0.1, -0.05) is 36.4 Å². The average Bonchev–Trinajstić information content (AvgIpc) is 3.10. The Morgan fingerprint density at radius 1 is 1.20 bits per heavy atom. The Hall–Kier alpha value is -2.18. The molecule has 6 heteroatoms. The molecule has 0 unspecified atom stereocenters.